The Bertz CT molecular complexity index is 1050. The maximum Gasteiger partial charge on any atom is 0.257 e. The summed E-state index contributed by atoms with van der Waals surface area (Å²) in [6, 6.07) is 19.3. The molecule has 32 heavy (non-hydrogen) atoms. The van der Waals surface area contributed by atoms with Crippen LogP contribution in [0.15, 0.2) is 65.2 Å². The number of aromatic nitrogens is 2. The van der Waals surface area contributed by atoms with E-state index in [1.807, 2.05) is 79.4 Å². The molecule has 1 fully saturated rings. The standard InChI is InChI=1S/C25H28N4O3/c1-3-21(19-10-6-4-7-11-19)25(31)29-15-14-28(17-18(29)2)23(30)16-22-26-24(32-27-22)20-12-8-5-9-13-20/h4-13,18,21H,3,14-17H2,1-2H3. The van der Waals surface area contributed by atoms with Crippen LogP contribution in [0.25, 0.3) is 11.5 Å². The Morgan fingerprint density at radius 1 is 1.06 bits per heavy atom. The van der Waals surface area contributed by atoms with E-state index in [1.54, 1.807) is 4.90 Å². The maximum atomic E-state index is 13.2. The molecule has 2 unspecified atom stereocenters. The minimum atomic E-state index is -0.156. The van der Waals surface area contributed by atoms with Crippen LogP contribution in [0.1, 0.15) is 37.6 Å². The second-order valence-corrected chi connectivity index (χ2v) is 8.15. The van der Waals surface area contributed by atoms with Crippen molar-refractivity contribution in [3.63, 3.8) is 0 Å². The van der Waals surface area contributed by atoms with Crippen LogP contribution in [0.2, 0.25) is 0 Å². The average molecular weight is 433 g/mol. The van der Waals surface area contributed by atoms with E-state index in [2.05, 4.69) is 10.1 Å². The average Bonchev–Trinajstić information content (AvgIpc) is 3.29. The molecule has 0 spiro atoms. The van der Waals surface area contributed by atoms with Crippen LogP contribution in [0, 0.1) is 0 Å². The Hall–Kier alpha value is -3.48. The van der Waals surface area contributed by atoms with Crippen LogP contribution < -0.4 is 0 Å². The fourth-order valence-electron chi connectivity index (χ4n) is 4.22. The van der Waals surface area contributed by atoms with Crippen LogP contribution in [-0.2, 0) is 16.0 Å². The van der Waals surface area contributed by atoms with Crippen LogP contribution >= 0.6 is 0 Å². The summed E-state index contributed by atoms with van der Waals surface area (Å²) in [5.41, 5.74) is 1.86. The van der Waals surface area contributed by atoms with E-state index in [-0.39, 0.29) is 30.2 Å². The predicted octanol–water partition coefficient (Wildman–Crippen LogP) is 3.53. The molecule has 1 aliphatic heterocycles. The van der Waals surface area contributed by atoms with Crippen molar-refractivity contribution in [2.45, 2.75) is 38.6 Å². The molecular weight excluding hydrogens is 404 g/mol. The molecule has 7 nitrogen and oxygen atoms in total. The molecule has 7 heteroatoms. The molecule has 0 N–H and O–H groups in total. The Balaban J connectivity index is 1.36. The Morgan fingerprint density at radius 2 is 1.75 bits per heavy atom. The number of hydrogen-bond acceptors (Lipinski definition) is 5. The molecule has 166 valence electrons. The van der Waals surface area contributed by atoms with Crippen molar-refractivity contribution in [2.75, 3.05) is 19.6 Å². The highest BCUT2D eigenvalue weighted by Crippen LogP contribution is 2.25. The van der Waals surface area contributed by atoms with E-state index in [1.165, 1.54) is 0 Å². The summed E-state index contributed by atoms with van der Waals surface area (Å²) in [5, 5.41) is 3.96. The Labute approximate surface area is 188 Å². The van der Waals surface area contributed by atoms with Gasteiger partial charge < -0.3 is 14.3 Å². The molecule has 0 aliphatic carbocycles. The van der Waals surface area contributed by atoms with Crippen LogP contribution in [-0.4, -0.2) is 57.4 Å². The third-order valence-corrected chi connectivity index (χ3v) is 5.97. The molecule has 2 atom stereocenters. The molecule has 2 aromatic carbocycles. The van der Waals surface area contributed by atoms with Crippen LogP contribution in [0.5, 0.6) is 0 Å². The molecule has 2 heterocycles. The highest BCUT2D eigenvalue weighted by molar-refractivity contribution is 5.84. The Morgan fingerprint density at radius 3 is 2.41 bits per heavy atom. The first-order chi connectivity index (χ1) is 15.6. The third-order valence-electron chi connectivity index (χ3n) is 5.97. The van der Waals surface area contributed by atoms with Crippen molar-refractivity contribution in [2.24, 2.45) is 0 Å². The lowest BCUT2D eigenvalue weighted by molar-refractivity contribution is -0.143. The number of benzene rings is 2. The first kappa shape index (κ1) is 21.7. The van der Waals surface area contributed by atoms with Gasteiger partial charge in [0.2, 0.25) is 11.8 Å². The zero-order chi connectivity index (χ0) is 22.5. The first-order valence-corrected chi connectivity index (χ1v) is 11.1. The van der Waals surface area contributed by atoms with Gasteiger partial charge in [-0.15, -0.1) is 0 Å². The first-order valence-electron chi connectivity index (χ1n) is 11.1. The van der Waals surface area contributed by atoms with Gasteiger partial charge >= 0.3 is 0 Å². The lowest BCUT2D eigenvalue weighted by atomic mass is 9.94. The largest absolute Gasteiger partial charge is 0.338 e. The minimum Gasteiger partial charge on any atom is -0.338 e. The Kier molecular flexibility index (Phi) is 6.63. The van der Waals surface area contributed by atoms with E-state index in [9.17, 15) is 9.59 Å². The van der Waals surface area contributed by atoms with Gasteiger partial charge in [0.15, 0.2) is 5.82 Å². The normalized spacial score (nSPS) is 17.2. The smallest absolute Gasteiger partial charge is 0.257 e. The fourth-order valence-corrected chi connectivity index (χ4v) is 4.22. The van der Waals surface area contributed by atoms with Crippen molar-refractivity contribution in [1.29, 1.82) is 0 Å². The van der Waals surface area contributed by atoms with Crippen LogP contribution in [0.4, 0.5) is 0 Å². The zero-order valence-electron chi connectivity index (χ0n) is 18.5. The number of carbonyl (C=O) groups excluding carboxylic acids is 2. The van der Waals surface area contributed by atoms with Crippen molar-refractivity contribution < 1.29 is 14.1 Å². The van der Waals surface area contributed by atoms with Gasteiger partial charge in [-0.25, -0.2) is 0 Å². The number of piperazine rings is 1. The second-order valence-electron chi connectivity index (χ2n) is 8.15. The van der Waals surface area contributed by atoms with Gasteiger partial charge in [-0.3, -0.25) is 9.59 Å². The molecule has 3 aromatic rings. The number of carbonyl (C=O) groups is 2. The van der Waals surface area contributed by atoms with E-state index >= 15 is 0 Å². The van der Waals surface area contributed by atoms with Gasteiger partial charge in [0, 0.05) is 31.2 Å². The molecule has 4 rings (SSSR count). The van der Waals surface area contributed by atoms with Crippen LogP contribution in [0.3, 0.4) is 0 Å². The molecule has 1 aromatic heterocycles. The van der Waals surface area contributed by atoms with Gasteiger partial charge in [0.05, 0.1) is 12.3 Å². The number of amides is 2. The van der Waals surface area contributed by atoms with Crippen molar-refractivity contribution in [1.82, 2.24) is 19.9 Å². The predicted molar refractivity (Wildman–Crippen MR) is 121 cm³/mol. The van der Waals surface area contributed by atoms with E-state index < -0.39 is 0 Å². The summed E-state index contributed by atoms with van der Waals surface area (Å²) in [6.45, 7) is 5.56. The molecule has 0 bridgehead atoms. The van der Waals surface area contributed by atoms with Crippen molar-refractivity contribution in [3.8, 4) is 11.5 Å². The molecule has 1 aliphatic rings. The van der Waals surface area contributed by atoms with Gasteiger partial charge in [0.1, 0.15) is 0 Å². The monoisotopic (exact) mass is 432 g/mol. The summed E-state index contributed by atoms with van der Waals surface area (Å²) in [5.74, 6) is 0.693. The molecular formula is C25H28N4O3. The summed E-state index contributed by atoms with van der Waals surface area (Å²) in [6.07, 6.45) is 0.828. The zero-order valence-corrected chi connectivity index (χ0v) is 18.5. The van der Waals surface area contributed by atoms with Gasteiger partial charge in [-0.2, -0.15) is 4.98 Å². The highest BCUT2D eigenvalue weighted by Gasteiger charge is 2.33. The van der Waals surface area contributed by atoms with E-state index in [0.29, 0.717) is 31.3 Å². The highest BCUT2D eigenvalue weighted by atomic mass is 16.5. The van der Waals surface area contributed by atoms with Crippen molar-refractivity contribution >= 4 is 11.8 Å². The SMILES string of the molecule is CCC(C(=O)N1CCN(C(=O)Cc2noc(-c3ccccc3)n2)CC1C)c1ccccc1. The molecule has 0 radical (unpaired) electrons. The van der Waals surface area contributed by atoms with Crippen molar-refractivity contribution in [3.05, 3.63) is 72.1 Å². The number of nitrogens with zero attached hydrogens (tertiary/aromatic N) is 4. The van der Waals surface area contributed by atoms with Gasteiger partial charge in [0.25, 0.3) is 5.89 Å². The summed E-state index contributed by atoms with van der Waals surface area (Å²) < 4.78 is 5.30. The molecule has 1 saturated heterocycles. The third kappa shape index (κ3) is 4.72. The maximum absolute atomic E-state index is 13.2. The minimum absolute atomic E-state index is 0.0527. The van der Waals surface area contributed by atoms with Gasteiger partial charge in [-0.1, -0.05) is 60.6 Å². The summed E-state index contributed by atoms with van der Waals surface area (Å²) in [4.78, 5) is 34.1. The number of hydrogen-bond donors (Lipinski definition) is 0. The molecule has 2 amide bonds. The number of rotatable bonds is 6. The topological polar surface area (TPSA) is 79.5 Å². The quantitative estimate of drug-likeness (QED) is 0.595. The van der Waals surface area contributed by atoms with E-state index in [4.69, 9.17) is 4.52 Å². The van der Waals surface area contributed by atoms with E-state index in [0.717, 1.165) is 17.5 Å². The molecule has 0 saturated carbocycles. The second kappa shape index (κ2) is 9.77. The lowest BCUT2D eigenvalue weighted by Crippen LogP contribution is -2.56. The summed E-state index contributed by atoms with van der Waals surface area (Å²) >= 11 is 0. The summed E-state index contributed by atoms with van der Waals surface area (Å²) in [7, 11) is 0. The fraction of sp³-hybridized carbons (Fsp3) is 0.360. The lowest BCUT2D eigenvalue weighted by Gasteiger charge is -2.41. The van der Waals surface area contributed by atoms with Gasteiger partial charge in [-0.05, 0) is 31.0 Å².